The number of aryl methyl sites for hydroxylation is 1. The maximum atomic E-state index is 12.1. The number of benzene rings is 2. The standard InChI is InChI=1S/C20H17ClN4OS/c21-17-9-8-15(18-16(17)7-4-11-22-18)13-27-20-24-23-19(26)25(20)12-10-14-5-2-1-3-6-14/h1-9,11H,10,12-13H2,(H,23,26). The molecule has 2 aromatic carbocycles. The van der Waals surface area contributed by atoms with E-state index in [1.54, 1.807) is 10.8 Å². The van der Waals surface area contributed by atoms with Crippen molar-refractivity contribution in [3.05, 3.63) is 87.4 Å². The van der Waals surface area contributed by atoms with Crippen LogP contribution in [0.2, 0.25) is 5.02 Å². The molecule has 0 saturated carbocycles. The van der Waals surface area contributed by atoms with Gasteiger partial charge >= 0.3 is 5.69 Å². The molecule has 0 saturated heterocycles. The summed E-state index contributed by atoms with van der Waals surface area (Å²) >= 11 is 7.78. The van der Waals surface area contributed by atoms with Crippen LogP contribution in [-0.4, -0.2) is 19.7 Å². The van der Waals surface area contributed by atoms with Crippen LogP contribution >= 0.6 is 23.4 Å². The monoisotopic (exact) mass is 396 g/mol. The molecule has 0 aliphatic rings. The average Bonchev–Trinajstić information content (AvgIpc) is 3.06. The van der Waals surface area contributed by atoms with E-state index in [1.807, 2.05) is 42.5 Å². The van der Waals surface area contributed by atoms with Crippen molar-refractivity contribution in [3.8, 4) is 0 Å². The van der Waals surface area contributed by atoms with Gasteiger partial charge in [-0.1, -0.05) is 59.8 Å². The van der Waals surface area contributed by atoms with Crippen LogP contribution in [0.1, 0.15) is 11.1 Å². The molecule has 1 N–H and O–H groups in total. The first kappa shape index (κ1) is 17.8. The third kappa shape index (κ3) is 3.91. The number of aromatic nitrogens is 4. The molecular formula is C20H17ClN4OS. The van der Waals surface area contributed by atoms with Crippen LogP contribution in [0, 0.1) is 0 Å². The summed E-state index contributed by atoms with van der Waals surface area (Å²) in [6, 6.07) is 17.8. The van der Waals surface area contributed by atoms with E-state index in [9.17, 15) is 4.79 Å². The number of nitrogens with zero attached hydrogens (tertiary/aromatic N) is 3. The summed E-state index contributed by atoms with van der Waals surface area (Å²) in [6.45, 7) is 0.585. The summed E-state index contributed by atoms with van der Waals surface area (Å²) in [4.78, 5) is 16.6. The van der Waals surface area contributed by atoms with Gasteiger partial charge in [-0.2, -0.15) is 0 Å². The Hall–Kier alpha value is -2.57. The van der Waals surface area contributed by atoms with Crippen LogP contribution < -0.4 is 5.69 Å². The molecule has 27 heavy (non-hydrogen) atoms. The quantitative estimate of drug-likeness (QED) is 0.493. The number of pyridine rings is 1. The number of nitrogens with one attached hydrogen (secondary N) is 1. The summed E-state index contributed by atoms with van der Waals surface area (Å²) in [5.41, 5.74) is 2.94. The number of aromatic amines is 1. The number of halogens is 1. The van der Waals surface area contributed by atoms with Gasteiger partial charge in [-0.25, -0.2) is 9.89 Å². The van der Waals surface area contributed by atoms with Gasteiger partial charge in [0.05, 0.1) is 5.52 Å². The molecule has 4 rings (SSSR count). The Labute approximate surface area is 165 Å². The highest BCUT2D eigenvalue weighted by atomic mass is 35.5. The van der Waals surface area contributed by atoms with Gasteiger partial charge in [0.2, 0.25) is 0 Å². The van der Waals surface area contributed by atoms with Crippen LogP contribution in [-0.2, 0) is 18.7 Å². The van der Waals surface area contributed by atoms with Gasteiger partial charge in [-0.15, -0.1) is 5.10 Å². The first-order valence-corrected chi connectivity index (χ1v) is 9.93. The minimum Gasteiger partial charge on any atom is -0.270 e. The molecule has 0 spiro atoms. The number of thioether (sulfide) groups is 1. The van der Waals surface area contributed by atoms with Crippen molar-refractivity contribution in [2.24, 2.45) is 0 Å². The van der Waals surface area contributed by atoms with Gasteiger partial charge in [0.1, 0.15) is 0 Å². The number of hydrogen-bond donors (Lipinski definition) is 1. The SMILES string of the molecule is O=c1[nH]nc(SCc2ccc(Cl)c3cccnc23)n1CCc1ccccc1. The number of hydrogen-bond acceptors (Lipinski definition) is 4. The zero-order valence-electron chi connectivity index (χ0n) is 14.4. The van der Waals surface area contributed by atoms with Crippen molar-refractivity contribution in [3.63, 3.8) is 0 Å². The van der Waals surface area contributed by atoms with Gasteiger partial charge in [0.15, 0.2) is 5.16 Å². The lowest BCUT2D eigenvalue weighted by Crippen LogP contribution is -2.18. The van der Waals surface area contributed by atoms with Gasteiger partial charge in [-0.3, -0.25) is 9.55 Å². The fourth-order valence-corrected chi connectivity index (χ4v) is 4.12. The summed E-state index contributed by atoms with van der Waals surface area (Å²) in [5, 5.41) is 9.03. The fourth-order valence-electron chi connectivity index (χ4n) is 2.95. The first-order chi connectivity index (χ1) is 13.2. The van der Waals surface area contributed by atoms with E-state index >= 15 is 0 Å². The molecule has 7 heteroatoms. The Morgan fingerprint density at radius 1 is 1.07 bits per heavy atom. The molecule has 0 bridgehead atoms. The van der Waals surface area contributed by atoms with E-state index in [0.29, 0.717) is 22.5 Å². The molecule has 0 aliphatic heterocycles. The maximum absolute atomic E-state index is 12.1. The van der Waals surface area contributed by atoms with E-state index in [-0.39, 0.29) is 5.69 Å². The van der Waals surface area contributed by atoms with Crippen molar-refractivity contribution in [1.82, 2.24) is 19.7 Å². The summed E-state index contributed by atoms with van der Waals surface area (Å²) in [6.07, 6.45) is 2.54. The predicted octanol–water partition coefficient (Wildman–Crippen LogP) is 4.31. The summed E-state index contributed by atoms with van der Waals surface area (Å²) < 4.78 is 1.68. The van der Waals surface area contributed by atoms with Crippen molar-refractivity contribution in [2.45, 2.75) is 23.9 Å². The molecule has 0 fully saturated rings. The molecular weight excluding hydrogens is 380 g/mol. The Kier molecular flexibility index (Phi) is 5.27. The topological polar surface area (TPSA) is 63.6 Å². The summed E-state index contributed by atoms with van der Waals surface area (Å²) in [5.74, 6) is 0.653. The minimum atomic E-state index is -0.187. The number of rotatable bonds is 6. The van der Waals surface area contributed by atoms with Crippen LogP contribution in [0.4, 0.5) is 0 Å². The van der Waals surface area contributed by atoms with E-state index < -0.39 is 0 Å². The number of fused-ring (bicyclic) bond motifs is 1. The molecule has 0 atom stereocenters. The zero-order chi connectivity index (χ0) is 18.6. The molecule has 0 aliphatic carbocycles. The highest BCUT2D eigenvalue weighted by molar-refractivity contribution is 7.98. The molecule has 0 unspecified atom stereocenters. The van der Waals surface area contributed by atoms with Crippen molar-refractivity contribution >= 4 is 34.3 Å². The van der Waals surface area contributed by atoms with Gasteiger partial charge in [-0.05, 0) is 35.7 Å². The van der Waals surface area contributed by atoms with Crippen LogP contribution in [0.15, 0.2) is 70.7 Å². The van der Waals surface area contributed by atoms with Crippen LogP contribution in [0.25, 0.3) is 10.9 Å². The molecule has 136 valence electrons. The number of H-pyrrole nitrogens is 1. The minimum absolute atomic E-state index is 0.187. The van der Waals surface area contributed by atoms with Crippen molar-refractivity contribution in [2.75, 3.05) is 0 Å². The molecule has 0 amide bonds. The Morgan fingerprint density at radius 2 is 1.93 bits per heavy atom. The highest BCUT2D eigenvalue weighted by Crippen LogP contribution is 2.29. The maximum Gasteiger partial charge on any atom is 0.343 e. The molecule has 2 aromatic heterocycles. The lowest BCUT2D eigenvalue weighted by Gasteiger charge is -2.08. The van der Waals surface area contributed by atoms with Crippen LogP contribution in [0.5, 0.6) is 0 Å². The Morgan fingerprint density at radius 3 is 2.78 bits per heavy atom. The van der Waals surface area contributed by atoms with Gasteiger partial charge in [0.25, 0.3) is 0 Å². The normalized spacial score (nSPS) is 11.1. The third-order valence-electron chi connectivity index (χ3n) is 4.35. The van der Waals surface area contributed by atoms with Gasteiger partial charge in [0, 0.05) is 28.9 Å². The molecule has 0 radical (unpaired) electrons. The molecule has 4 aromatic rings. The first-order valence-electron chi connectivity index (χ1n) is 8.56. The van der Waals surface area contributed by atoms with Crippen molar-refractivity contribution in [1.29, 1.82) is 0 Å². The largest absolute Gasteiger partial charge is 0.343 e. The average molecular weight is 397 g/mol. The molecule has 2 heterocycles. The van der Waals surface area contributed by atoms with E-state index in [2.05, 4.69) is 27.3 Å². The van der Waals surface area contributed by atoms with E-state index in [1.165, 1.54) is 17.3 Å². The summed E-state index contributed by atoms with van der Waals surface area (Å²) in [7, 11) is 0. The Bertz CT molecular complexity index is 1120. The smallest absolute Gasteiger partial charge is 0.270 e. The molecule has 5 nitrogen and oxygen atoms in total. The van der Waals surface area contributed by atoms with E-state index in [0.717, 1.165) is 22.9 Å². The predicted molar refractivity (Wildman–Crippen MR) is 109 cm³/mol. The zero-order valence-corrected chi connectivity index (χ0v) is 16.0. The lowest BCUT2D eigenvalue weighted by atomic mass is 10.1. The lowest BCUT2D eigenvalue weighted by molar-refractivity contribution is 0.616. The second-order valence-corrected chi connectivity index (χ2v) is 7.44. The Balaban J connectivity index is 1.53. The third-order valence-corrected chi connectivity index (χ3v) is 5.70. The fraction of sp³-hybridized carbons (Fsp3) is 0.150. The van der Waals surface area contributed by atoms with Gasteiger partial charge < -0.3 is 0 Å². The van der Waals surface area contributed by atoms with Crippen molar-refractivity contribution < 1.29 is 0 Å². The van der Waals surface area contributed by atoms with E-state index in [4.69, 9.17) is 11.6 Å². The highest BCUT2D eigenvalue weighted by Gasteiger charge is 2.12. The second kappa shape index (κ2) is 7.98. The second-order valence-electron chi connectivity index (χ2n) is 6.09. The van der Waals surface area contributed by atoms with Crippen LogP contribution in [0.3, 0.4) is 0 Å².